The predicted octanol–water partition coefficient (Wildman–Crippen LogP) is 1.63. The molecule has 1 aliphatic rings. The van der Waals surface area contributed by atoms with Crippen LogP contribution in [0.5, 0.6) is 11.5 Å². The van der Waals surface area contributed by atoms with Crippen LogP contribution in [0.25, 0.3) is 0 Å². The molecule has 2 heterocycles. The number of carbonyl (C=O) groups excluding carboxylic acids is 1. The summed E-state index contributed by atoms with van der Waals surface area (Å²) in [6.07, 6.45) is -1.27. The number of nitrogen functional groups attached to an aromatic ring is 1. The van der Waals surface area contributed by atoms with Gasteiger partial charge in [0, 0.05) is 11.8 Å². The number of alkyl halides is 2. The Morgan fingerprint density at radius 2 is 1.95 bits per heavy atom. The summed E-state index contributed by atoms with van der Waals surface area (Å²) in [4.78, 5) is 19.4. The quantitative estimate of drug-likeness (QED) is 0.873. The molecule has 2 aromatic rings. The zero-order valence-corrected chi connectivity index (χ0v) is 10.3. The van der Waals surface area contributed by atoms with Crippen LogP contribution in [0.15, 0.2) is 30.6 Å². The molecule has 108 valence electrons. The van der Waals surface area contributed by atoms with Gasteiger partial charge in [0.05, 0.1) is 12.4 Å². The first-order valence-corrected chi connectivity index (χ1v) is 5.72. The second-order valence-corrected chi connectivity index (χ2v) is 4.11. The Bertz CT molecular complexity index is 706. The van der Waals surface area contributed by atoms with E-state index in [1.807, 2.05) is 0 Å². The van der Waals surface area contributed by atoms with E-state index in [9.17, 15) is 13.6 Å². The smallest absolute Gasteiger partial charge is 0.395 e. The number of hydrogen-bond acceptors (Lipinski definition) is 6. The first-order valence-electron chi connectivity index (χ1n) is 5.72. The van der Waals surface area contributed by atoms with Crippen LogP contribution in [0.3, 0.4) is 0 Å². The molecule has 21 heavy (non-hydrogen) atoms. The van der Waals surface area contributed by atoms with Gasteiger partial charge >= 0.3 is 6.29 Å². The SMILES string of the molecule is Nc1cnc(C(=O)Nc2ccc3c(c2)OC(F)(F)O3)cn1. The topological polar surface area (TPSA) is 99.4 Å². The van der Waals surface area contributed by atoms with Crippen molar-refractivity contribution in [2.75, 3.05) is 11.1 Å². The molecule has 0 spiro atoms. The predicted molar refractivity (Wildman–Crippen MR) is 67.0 cm³/mol. The highest BCUT2D eigenvalue weighted by Gasteiger charge is 2.43. The summed E-state index contributed by atoms with van der Waals surface area (Å²) in [6, 6.07) is 3.88. The van der Waals surface area contributed by atoms with Gasteiger partial charge in [-0.25, -0.2) is 9.97 Å². The summed E-state index contributed by atoms with van der Waals surface area (Å²) < 4.78 is 34.3. The molecule has 0 atom stereocenters. The molecule has 1 amide bonds. The Hall–Kier alpha value is -2.97. The van der Waals surface area contributed by atoms with Crippen molar-refractivity contribution in [2.45, 2.75) is 6.29 Å². The summed E-state index contributed by atoms with van der Waals surface area (Å²) in [7, 11) is 0. The van der Waals surface area contributed by atoms with E-state index in [0.717, 1.165) is 0 Å². The number of rotatable bonds is 2. The average molecular weight is 294 g/mol. The standard InChI is InChI=1S/C12H8F2N4O3/c13-12(14)20-8-2-1-6(3-9(8)21-12)18-11(19)7-4-17-10(15)5-16-7/h1-5H,(H2,15,17)(H,18,19). The van der Waals surface area contributed by atoms with Crippen molar-refractivity contribution < 1.29 is 23.0 Å². The molecule has 1 aromatic heterocycles. The molecule has 1 aliphatic heterocycles. The van der Waals surface area contributed by atoms with E-state index in [2.05, 4.69) is 24.8 Å². The molecule has 3 N–H and O–H groups in total. The number of nitrogens with two attached hydrogens (primary N) is 1. The summed E-state index contributed by atoms with van der Waals surface area (Å²) in [5, 5.41) is 2.47. The minimum atomic E-state index is -3.70. The second kappa shape index (κ2) is 4.54. The van der Waals surface area contributed by atoms with Crippen LogP contribution in [-0.2, 0) is 0 Å². The number of fused-ring (bicyclic) bond motifs is 1. The van der Waals surface area contributed by atoms with Gasteiger partial charge < -0.3 is 20.5 Å². The lowest BCUT2D eigenvalue weighted by atomic mass is 10.2. The normalized spacial score (nSPS) is 14.8. The second-order valence-electron chi connectivity index (χ2n) is 4.11. The highest BCUT2D eigenvalue weighted by molar-refractivity contribution is 6.02. The van der Waals surface area contributed by atoms with Crippen molar-refractivity contribution in [2.24, 2.45) is 0 Å². The third-order valence-electron chi connectivity index (χ3n) is 2.56. The largest absolute Gasteiger partial charge is 0.586 e. The lowest BCUT2D eigenvalue weighted by molar-refractivity contribution is -0.286. The van der Waals surface area contributed by atoms with Crippen molar-refractivity contribution in [1.82, 2.24) is 9.97 Å². The third kappa shape index (κ3) is 2.66. The molecule has 9 heteroatoms. The number of anilines is 2. The van der Waals surface area contributed by atoms with Gasteiger partial charge in [0.15, 0.2) is 11.5 Å². The number of benzene rings is 1. The zero-order chi connectivity index (χ0) is 15.0. The molecule has 0 saturated carbocycles. The van der Waals surface area contributed by atoms with Gasteiger partial charge in [-0.05, 0) is 12.1 Å². The minimum Gasteiger partial charge on any atom is -0.395 e. The van der Waals surface area contributed by atoms with Gasteiger partial charge in [0.2, 0.25) is 0 Å². The molecular formula is C12H8F2N4O3. The summed E-state index contributed by atoms with van der Waals surface area (Å²) in [5.74, 6) is -0.656. The van der Waals surface area contributed by atoms with Crippen molar-refractivity contribution >= 4 is 17.4 Å². The number of carbonyl (C=O) groups is 1. The molecule has 0 fully saturated rings. The Morgan fingerprint density at radius 3 is 2.67 bits per heavy atom. The highest BCUT2D eigenvalue weighted by atomic mass is 19.3. The lowest BCUT2D eigenvalue weighted by Crippen LogP contribution is -2.25. The van der Waals surface area contributed by atoms with E-state index >= 15 is 0 Å². The van der Waals surface area contributed by atoms with Crippen LogP contribution in [0.1, 0.15) is 10.5 Å². The number of nitrogens with zero attached hydrogens (tertiary/aromatic N) is 2. The van der Waals surface area contributed by atoms with Gasteiger partial charge in [-0.3, -0.25) is 4.79 Å². The zero-order valence-electron chi connectivity index (χ0n) is 10.3. The fraction of sp³-hybridized carbons (Fsp3) is 0.0833. The molecule has 0 aliphatic carbocycles. The monoisotopic (exact) mass is 294 g/mol. The number of hydrogen-bond donors (Lipinski definition) is 2. The molecule has 0 unspecified atom stereocenters. The number of nitrogens with one attached hydrogen (secondary N) is 1. The molecule has 0 radical (unpaired) electrons. The maximum absolute atomic E-state index is 12.9. The van der Waals surface area contributed by atoms with Gasteiger partial charge in [0.25, 0.3) is 5.91 Å². The molecular weight excluding hydrogens is 286 g/mol. The fourth-order valence-corrected chi connectivity index (χ4v) is 1.68. The van der Waals surface area contributed by atoms with Crippen LogP contribution in [-0.4, -0.2) is 22.2 Å². The number of ether oxygens (including phenoxy) is 2. The number of aromatic nitrogens is 2. The fourth-order valence-electron chi connectivity index (χ4n) is 1.68. The van der Waals surface area contributed by atoms with Gasteiger partial charge in [0.1, 0.15) is 11.5 Å². The Labute approximate surface area is 116 Å². The average Bonchev–Trinajstić information content (AvgIpc) is 2.72. The van der Waals surface area contributed by atoms with E-state index in [1.54, 1.807) is 0 Å². The van der Waals surface area contributed by atoms with Crippen molar-refractivity contribution in [3.8, 4) is 11.5 Å². The first-order chi connectivity index (χ1) is 9.93. The third-order valence-corrected chi connectivity index (χ3v) is 2.56. The van der Waals surface area contributed by atoms with Gasteiger partial charge in [-0.2, -0.15) is 0 Å². The van der Waals surface area contributed by atoms with E-state index in [4.69, 9.17) is 5.73 Å². The summed E-state index contributed by atoms with van der Waals surface area (Å²) in [5.41, 5.74) is 5.64. The van der Waals surface area contributed by atoms with E-state index in [0.29, 0.717) is 0 Å². The van der Waals surface area contributed by atoms with Gasteiger partial charge in [-0.1, -0.05) is 0 Å². The van der Waals surface area contributed by atoms with Crippen molar-refractivity contribution in [1.29, 1.82) is 0 Å². The molecule has 3 rings (SSSR count). The van der Waals surface area contributed by atoms with Crippen molar-refractivity contribution in [3.05, 3.63) is 36.3 Å². The van der Waals surface area contributed by atoms with E-state index in [-0.39, 0.29) is 28.7 Å². The van der Waals surface area contributed by atoms with Crippen LogP contribution in [0.2, 0.25) is 0 Å². The Kier molecular flexibility index (Phi) is 2.82. The number of halogens is 2. The Morgan fingerprint density at radius 1 is 1.19 bits per heavy atom. The van der Waals surface area contributed by atoms with Gasteiger partial charge in [-0.15, -0.1) is 8.78 Å². The molecule has 0 bridgehead atoms. The van der Waals surface area contributed by atoms with E-state index in [1.165, 1.54) is 30.6 Å². The highest BCUT2D eigenvalue weighted by Crippen LogP contribution is 2.42. The molecule has 1 aromatic carbocycles. The maximum Gasteiger partial charge on any atom is 0.586 e. The van der Waals surface area contributed by atoms with Crippen LogP contribution in [0, 0.1) is 0 Å². The number of amides is 1. The van der Waals surface area contributed by atoms with E-state index < -0.39 is 12.2 Å². The molecule has 7 nitrogen and oxygen atoms in total. The lowest BCUT2D eigenvalue weighted by Gasteiger charge is -2.05. The first kappa shape index (κ1) is 13.0. The van der Waals surface area contributed by atoms with Crippen molar-refractivity contribution in [3.63, 3.8) is 0 Å². The van der Waals surface area contributed by atoms with Crippen LogP contribution >= 0.6 is 0 Å². The van der Waals surface area contributed by atoms with Crippen LogP contribution in [0.4, 0.5) is 20.3 Å². The summed E-state index contributed by atoms with van der Waals surface area (Å²) >= 11 is 0. The molecule has 0 saturated heterocycles. The maximum atomic E-state index is 12.9. The Balaban J connectivity index is 1.77. The minimum absolute atomic E-state index is 0.0344. The van der Waals surface area contributed by atoms with Crippen LogP contribution < -0.4 is 20.5 Å². The summed E-state index contributed by atoms with van der Waals surface area (Å²) in [6.45, 7) is 0.